The molecule has 0 atom stereocenters. The lowest BCUT2D eigenvalue weighted by Crippen LogP contribution is -2.57. The Hall–Kier alpha value is -1.35. The third-order valence-corrected chi connectivity index (χ3v) is 12.7. The molecule has 3 aliphatic heterocycles. The summed E-state index contributed by atoms with van der Waals surface area (Å²) in [7, 11) is 0. The number of fused-ring (bicyclic) bond motifs is 2. The van der Waals surface area contributed by atoms with E-state index in [0.717, 1.165) is 48.5 Å². The zero-order valence-corrected chi connectivity index (χ0v) is 21.8. The Bertz CT molecular complexity index is 1190. The van der Waals surface area contributed by atoms with Crippen molar-refractivity contribution in [2.24, 2.45) is 5.41 Å². The average Bonchev–Trinajstić information content (AvgIpc) is 3.22. The van der Waals surface area contributed by atoms with Gasteiger partial charge >= 0.3 is 5.63 Å². The second-order valence-electron chi connectivity index (χ2n) is 11.2. The highest BCUT2D eigenvalue weighted by molar-refractivity contribution is 8.18. The third kappa shape index (κ3) is 3.90. The summed E-state index contributed by atoms with van der Waals surface area (Å²) in [6.45, 7) is 3.47. The van der Waals surface area contributed by atoms with Crippen molar-refractivity contribution in [1.29, 1.82) is 0 Å². The molecule has 0 amide bonds. The molecule has 35 heavy (non-hydrogen) atoms. The maximum absolute atomic E-state index is 11.8. The Balaban J connectivity index is 1.00. The second-order valence-corrected chi connectivity index (χ2v) is 14.2. The van der Waals surface area contributed by atoms with Gasteiger partial charge in [-0.05, 0) is 31.4 Å². The van der Waals surface area contributed by atoms with Gasteiger partial charge < -0.3 is 23.4 Å². The van der Waals surface area contributed by atoms with Crippen molar-refractivity contribution in [2.45, 2.75) is 80.4 Å². The SMILES string of the molecule is Cc1cc(=O)oc2cc3c(cc12)OC1(CCC2(CC1)OCC1(CO2)CSC2(CCCCC2)SC1)O3. The van der Waals surface area contributed by atoms with E-state index in [1.165, 1.54) is 38.2 Å². The monoisotopic (exact) mass is 516 g/mol. The van der Waals surface area contributed by atoms with Crippen LogP contribution < -0.4 is 15.1 Å². The Morgan fingerprint density at radius 2 is 1.40 bits per heavy atom. The second kappa shape index (κ2) is 8.07. The molecule has 1 aromatic heterocycles. The lowest BCUT2D eigenvalue weighted by atomic mass is 9.86. The summed E-state index contributed by atoms with van der Waals surface area (Å²) in [5.74, 6) is 2.41. The molecule has 2 aliphatic carbocycles. The van der Waals surface area contributed by atoms with E-state index in [0.29, 0.717) is 34.0 Å². The molecule has 188 valence electrons. The first-order chi connectivity index (χ1) is 16.9. The van der Waals surface area contributed by atoms with Gasteiger partial charge in [0.15, 0.2) is 17.3 Å². The maximum atomic E-state index is 11.8. The van der Waals surface area contributed by atoms with Gasteiger partial charge in [-0.2, -0.15) is 0 Å². The fourth-order valence-electron chi connectivity index (χ4n) is 6.26. The molecule has 0 N–H and O–H groups in total. The van der Waals surface area contributed by atoms with Crippen molar-refractivity contribution >= 4 is 34.5 Å². The quantitative estimate of drug-likeness (QED) is 0.394. The van der Waals surface area contributed by atoms with E-state index < -0.39 is 11.6 Å². The minimum Gasteiger partial charge on any atom is -0.448 e. The molecule has 2 saturated carbocycles. The van der Waals surface area contributed by atoms with Gasteiger partial charge in [0.2, 0.25) is 0 Å². The number of rotatable bonds is 0. The first-order valence-corrected chi connectivity index (χ1v) is 14.9. The van der Waals surface area contributed by atoms with Crippen LogP contribution >= 0.6 is 23.5 Å². The minimum atomic E-state index is -0.703. The molecule has 5 aliphatic rings. The number of hydrogen-bond acceptors (Lipinski definition) is 8. The molecule has 0 radical (unpaired) electrons. The van der Waals surface area contributed by atoms with Crippen molar-refractivity contribution < 1.29 is 23.4 Å². The highest BCUT2D eigenvalue weighted by Crippen LogP contribution is 2.57. The van der Waals surface area contributed by atoms with Crippen LogP contribution in [-0.2, 0) is 9.47 Å². The molecular formula is C27H32O6S2. The van der Waals surface area contributed by atoms with Crippen LogP contribution in [-0.4, -0.2) is 40.4 Å². The van der Waals surface area contributed by atoms with E-state index in [1.54, 1.807) is 6.07 Å². The maximum Gasteiger partial charge on any atom is 0.336 e. The molecule has 1 aromatic carbocycles. The molecule has 8 heteroatoms. The van der Waals surface area contributed by atoms with Gasteiger partial charge in [-0.3, -0.25) is 0 Å². The van der Waals surface area contributed by atoms with Gasteiger partial charge in [0.1, 0.15) is 5.58 Å². The highest BCUT2D eigenvalue weighted by atomic mass is 32.2. The van der Waals surface area contributed by atoms with Crippen LogP contribution in [0.2, 0.25) is 0 Å². The normalized spacial score (nSPS) is 27.7. The third-order valence-electron chi connectivity index (χ3n) is 8.56. The van der Waals surface area contributed by atoms with Crippen molar-refractivity contribution in [1.82, 2.24) is 0 Å². The smallest absolute Gasteiger partial charge is 0.336 e. The number of thioether (sulfide) groups is 2. The Morgan fingerprint density at radius 1 is 0.771 bits per heavy atom. The fourth-order valence-corrected chi connectivity index (χ4v) is 9.91. The lowest BCUT2D eigenvalue weighted by molar-refractivity contribution is -0.324. The van der Waals surface area contributed by atoms with Crippen molar-refractivity contribution in [2.75, 3.05) is 24.7 Å². The van der Waals surface area contributed by atoms with E-state index in [4.69, 9.17) is 23.4 Å². The van der Waals surface area contributed by atoms with Crippen LogP contribution in [0.25, 0.3) is 11.0 Å². The van der Waals surface area contributed by atoms with Crippen molar-refractivity contribution in [3.63, 3.8) is 0 Å². The largest absolute Gasteiger partial charge is 0.448 e. The molecule has 4 spiro atoms. The minimum absolute atomic E-state index is 0.136. The van der Waals surface area contributed by atoms with E-state index in [-0.39, 0.29) is 11.0 Å². The number of aryl methyl sites for hydroxylation is 1. The molecule has 2 saturated heterocycles. The Labute approximate surface area is 213 Å². The van der Waals surface area contributed by atoms with Crippen molar-refractivity contribution in [3.05, 3.63) is 34.2 Å². The Kier molecular flexibility index (Phi) is 5.26. The zero-order chi connectivity index (χ0) is 23.7. The van der Waals surface area contributed by atoms with E-state index in [1.807, 2.05) is 13.0 Å². The van der Waals surface area contributed by atoms with Gasteiger partial charge in [-0.25, -0.2) is 4.79 Å². The summed E-state index contributed by atoms with van der Waals surface area (Å²) < 4.78 is 31.6. The van der Waals surface area contributed by atoms with Crippen LogP contribution in [0.5, 0.6) is 11.5 Å². The van der Waals surface area contributed by atoms with Crippen LogP contribution in [0, 0.1) is 12.3 Å². The van der Waals surface area contributed by atoms with E-state index in [9.17, 15) is 4.79 Å². The van der Waals surface area contributed by atoms with E-state index >= 15 is 0 Å². The molecule has 0 unspecified atom stereocenters. The number of benzene rings is 1. The molecule has 4 heterocycles. The summed E-state index contributed by atoms with van der Waals surface area (Å²) in [6, 6.07) is 5.22. The summed E-state index contributed by atoms with van der Waals surface area (Å²) in [5.41, 5.74) is 1.19. The summed E-state index contributed by atoms with van der Waals surface area (Å²) >= 11 is 4.35. The molecule has 7 rings (SSSR count). The standard InChI is InChI=1S/C27H32O6S2/c1-18-11-23(28)31-20-13-22-21(12-19(18)20)32-26(33-22)9-7-25(8-10-26)29-14-24(15-30-25)16-34-27(35-17-24)5-3-2-4-6-27/h11-13H,2-10,14-17H2,1H3. The van der Waals surface area contributed by atoms with Crippen LogP contribution in [0.15, 0.2) is 27.4 Å². The first-order valence-electron chi connectivity index (χ1n) is 12.9. The topological polar surface area (TPSA) is 67.1 Å². The van der Waals surface area contributed by atoms with Gasteiger partial charge in [-0.15, -0.1) is 23.5 Å². The van der Waals surface area contributed by atoms with Crippen LogP contribution in [0.3, 0.4) is 0 Å². The molecule has 4 fully saturated rings. The highest BCUT2D eigenvalue weighted by Gasteiger charge is 2.55. The number of hydrogen-bond donors (Lipinski definition) is 0. The number of ether oxygens (including phenoxy) is 4. The predicted octanol–water partition coefficient (Wildman–Crippen LogP) is 6.01. The molecular weight excluding hydrogens is 484 g/mol. The molecule has 6 nitrogen and oxygen atoms in total. The fraction of sp³-hybridized carbons (Fsp3) is 0.667. The first kappa shape index (κ1) is 22.8. The van der Waals surface area contributed by atoms with Gasteiger partial charge in [0.25, 0.3) is 5.79 Å². The van der Waals surface area contributed by atoms with Gasteiger partial charge in [0, 0.05) is 60.1 Å². The molecule has 2 aromatic rings. The lowest BCUT2D eigenvalue weighted by Gasteiger charge is -2.53. The predicted molar refractivity (Wildman–Crippen MR) is 137 cm³/mol. The van der Waals surface area contributed by atoms with Gasteiger partial charge in [-0.1, -0.05) is 19.3 Å². The van der Waals surface area contributed by atoms with Crippen molar-refractivity contribution in [3.8, 4) is 11.5 Å². The summed E-state index contributed by atoms with van der Waals surface area (Å²) in [4.78, 5) is 11.8. The van der Waals surface area contributed by atoms with Crippen LogP contribution in [0.4, 0.5) is 0 Å². The average molecular weight is 517 g/mol. The zero-order valence-electron chi connectivity index (χ0n) is 20.2. The summed E-state index contributed by atoms with van der Waals surface area (Å²) in [6.07, 6.45) is 9.75. The van der Waals surface area contributed by atoms with Gasteiger partial charge in [0.05, 0.1) is 17.3 Å². The summed E-state index contributed by atoms with van der Waals surface area (Å²) in [5, 5.41) is 0.874. The Morgan fingerprint density at radius 3 is 2.09 bits per heavy atom. The van der Waals surface area contributed by atoms with E-state index in [2.05, 4.69) is 23.5 Å². The molecule has 0 bridgehead atoms. The van der Waals surface area contributed by atoms with Crippen LogP contribution in [0.1, 0.15) is 63.4 Å².